The summed E-state index contributed by atoms with van der Waals surface area (Å²) in [4.78, 5) is 27.7. The summed E-state index contributed by atoms with van der Waals surface area (Å²) in [7, 11) is 0. The van der Waals surface area contributed by atoms with Crippen LogP contribution in [0.4, 0.5) is 0 Å². The Morgan fingerprint density at radius 2 is 1.70 bits per heavy atom. The molecule has 1 saturated carbocycles. The maximum atomic E-state index is 11.9. The van der Waals surface area contributed by atoms with E-state index in [0.717, 1.165) is 19.3 Å². The molecule has 0 heterocycles. The van der Waals surface area contributed by atoms with E-state index in [0.29, 0.717) is 32.1 Å². The van der Waals surface area contributed by atoms with Crippen LogP contribution in [0.3, 0.4) is 0 Å². The Morgan fingerprint density at radius 1 is 1.00 bits per heavy atom. The first kappa shape index (κ1) is 23.2. The third kappa shape index (κ3) is 10.2. The number of carbonyl (C=O) groups excluding carboxylic acids is 2. The van der Waals surface area contributed by atoms with Crippen LogP contribution in [0.15, 0.2) is 35.3 Å². The second kappa shape index (κ2) is 13.3. The van der Waals surface area contributed by atoms with Gasteiger partial charge in [0.05, 0.1) is 0 Å². The van der Waals surface area contributed by atoms with Gasteiger partial charge in [-0.15, -0.1) is 24.0 Å². The van der Waals surface area contributed by atoms with Crippen molar-refractivity contribution in [2.75, 3.05) is 32.7 Å². The Kier molecular flexibility index (Phi) is 11.5. The molecule has 27 heavy (non-hydrogen) atoms. The number of aliphatic imine (C=N–C) groups is 1. The van der Waals surface area contributed by atoms with Gasteiger partial charge in [0, 0.05) is 32.1 Å². The number of nitrogens with zero attached hydrogens (tertiary/aromatic N) is 1. The molecule has 4 N–H and O–H groups in total. The van der Waals surface area contributed by atoms with Gasteiger partial charge in [-0.1, -0.05) is 30.3 Å². The van der Waals surface area contributed by atoms with E-state index in [1.54, 1.807) is 0 Å². The van der Waals surface area contributed by atoms with Crippen LogP contribution in [0.25, 0.3) is 0 Å². The largest absolute Gasteiger partial charge is 0.357 e. The molecule has 8 heteroatoms. The van der Waals surface area contributed by atoms with Crippen LogP contribution in [0.1, 0.15) is 25.3 Å². The molecule has 0 saturated heterocycles. The van der Waals surface area contributed by atoms with Crippen molar-refractivity contribution in [3.63, 3.8) is 0 Å². The molecule has 2 rings (SSSR count). The van der Waals surface area contributed by atoms with Gasteiger partial charge in [-0.25, -0.2) is 4.99 Å². The van der Waals surface area contributed by atoms with Crippen molar-refractivity contribution in [3.05, 3.63) is 35.9 Å². The Morgan fingerprint density at radius 3 is 2.37 bits per heavy atom. The first-order valence-corrected chi connectivity index (χ1v) is 9.29. The second-order valence-electron chi connectivity index (χ2n) is 6.27. The zero-order chi connectivity index (χ0) is 18.6. The second-order valence-corrected chi connectivity index (χ2v) is 6.27. The topological polar surface area (TPSA) is 94.6 Å². The number of carbonyl (C=O) groups is 2. The number of benzene rings is 1. The highest BCUT2D eigenvalue weighted by Gasteiger charge is 2.28. The number of nitrogens with one attached hydrogen (secondary N) is 4. The lowest BCUT2D eigenvalue weighted by molar-refractivity contribution is -0.122. The van der Waals surface area contributed by atoms with Crippen molar-refractivity contribution in [2.24, 2.45) is 10.9 Å². The highest BCUT2D eigenvalue weighted by Crippen LogP contribution is 2.28. The zero-order valence-electron chi connectivity index (χ0n) is 15.8. The van der Waals surface area contributed by atoms with Gasteiger partial charge in [-0.05, 0) is 31.7 Å². The Bertz CT molecular complexity index is 605. The molecule has 0 atom stereocenters. The van der Waals surface area contributed by atoms with Crippen molar-refractivity contribution in [2.45, 2.75) is 26.2 Å². The molecule has 1 aliphatic carbocycles. The maximum absolute atomic E-state index is 11.9. The van der Waals surface area contributed by atoms with Crippen LogP contribution in [-0.4, -0.2) is 50.5 Å². The van der Waals surface area contributed by atoms with Gasteiger partial charge in [0.1, 0.15) is 6.54 Å². The fraction of sp³-hybridized carbons (Fsp3) is 0.526. The standard InChI is InChI=1S/C19H29N5O2.HI/c1-2-20-19(23-13-12-22-18(26)16-8-9-16)24-14-17(25)21-11-10-15-6-4-3-5-7-15;/h3-7,16H,2,8-14H2,1H3,(H,21,25)(H,22,26)(H2,20,23,24);1H. The number of guanidine groups is 1. The number of hydrogen-bond acceptors (Lipinski definition) is 3. The predicted octanol–water partition coefficient (Wildman–Crippen LogP) is 1.04. The van der Waals surface area contributed by atoms with Crippen LogP contribution in [0.5, 0.6) is 0 Å². The van der Waals surface area contributed by atoms with E-state index in [2.05, 4.69) is 26.3 Å². The Balaban J connectivity index is 0.00000364. The molecular weight excluding hydrogens is 457 g/mol. The van der Waals surface area contributed by atoms with Gasteiger partial charge in [-0.2, -0.15) is 0 Å². The molecule has 7 nitrogen and oxygen atoms in total. The SMILES string of the molecule is CCNC(=NCC(=O)NCCc1ccccc1)NCCNC(=O)C1CC1.I. The number of halogens is 1. The number of amides is 2. The lowest BCUT2D eigenvalue weighted by Crippen LogP contribution is -2.42. The molecule has 2 amide bonds. The molecular formula is C19H30IN5O2. The van der Waals surface area contributed by atoms with Crippen molar-refractivity contribution in [1.29, 1.82) is 0 Å². The van der Waals surface area contributed by atoms with Crippen LogP contribution < -0.4 is 21.3 Å². The number of rotatable bonds is 10. The van der Waals surface area contributed by atoms with Gasteiger partial charge in [0.2, 0.25) is 11.8 Å². The molecule has 1 aromatic carbocycles. The van der Waals surface area contributed by atoms with Crippen molar-refractivity contribution in [3.8, 4) is 0 Å². The number of hydrogen-bond donors (Lipinski definition) is 4. The summed E-state index contributed by atoms with van der Waals surface area (Å²) in [6.45, 7) is 4.44. The molecule has 0 bridgehead atoms. The van der Waals surface area contributed by atoms with Crippen molar-refractivity contribution >= 4 is 41.8 Å². The molecule has 0 spiro atoms. The van der Waals surface area contributed by atoms with Gasteiger partial charge in [0.15, 0.2) is 5.96 Å². The summed E-state index contributed by atoms with van der Waals surface area (Å²) in [5.41, 5.74) is 1.19. The average molecular weight is 487 g/mol. The van der Waals surface area contributed by atoms with E-state index in [4.69, 9.17) is 0 Å². The van der Waals surface area contributed by atoms with Crippen molar-refractivity contribution < 1.29 is 9.59 Å². The fourth-order valence-corrected chi connectivity index (χ4v) is 2.40. The Hall–Kier alpha value is -1.84. The first-order valence-electron chi connectivity index (χ1n) is 9.29. The van der Waals surface area contributed by atoms with Gasteiger partial charge >= 0.3 is 0 Å². The molecule has 150 valence electrons. The molecule has 0 unspecified atom stereocenters. The Labute approximate surface area is 178 Å². The van der Waals surface area contributed by atoms with Gasteiger partial charge in [0.25, 0.3) is 0 Å². The minimum absolute atomic E-state index is 0. The van der Waals surface area contributed by atoms with Crippen LogP contribution in [0.2, 0.25) is 0 Å². The van der Waals surface area contributed by atoms with E-state index in [1.807, 2.05) is 37.3 Å². The summed E-state index contributed by atoms with van der Waals surface area (Å²) in [5.74, 6) is 0.814. The monoisotopic (exact) mass is 487 g/mol. The van der Waals surface area contributed by atoms with E-state index in [-0.39, 0.29) is 48.3 Å². The van der Waals surface area contributed by atoms with Crippen LogP contribution in [0, 0.1) is 5.92 Å². The summed E-state index contributed by atoms with van der Waals surface area (Å²) in [6, 6.07) is 10.0. The first-order chi connectivity index (χ1) is 12.7. The molecule has 1 fully saturated rings. The predicted molar refractivity (Wildman–Crippen MR) is 118 cm³/mol. The highest BCUT2D eigenvalue weighted by atomic mass is 127. The highest BCUT2D eigenvalue weighted by molar-refractivity contribution is 14.0. The normalized spacial score (nSPS) is 13.3. The zero-order valence-corrected chi connectivity index (χ0v) is 18.1. The lowest BCUT2D eigenvalue weighted by atomic mass is 10.1. The van der Waals surface area contributed by atoms with E-state index >= 15 is 0 Å². The molecule has 0 aliphatic heterocycles. The summed E-state index contributed by atoms with van der Waals surface area (Å²) in [6.07, 6.45) is 2.81. The molecule has 1 aromatic rings. The smallest absolute Gasteiger partial charge is 0.241 e. The van der Waals surface area contributed by atoms with Gasteiger partial charge in [-0.3, -0.25) is 9.59 Å². The minimum Gasteiger partial charge on any atom is -0.357 e. The summed E-state index contributed by atoms with van der Waals surface area (Å²) >= 11 is 0. The molecule has 0 radical (unpaired) electrons. The third-order valence-corrected chi connectivity index (χ3v) is 3.97. The fourth-order valence-electron chi connectivity index (χ4n) is 2.40. The van der Waals surface area contributed by atoms with E-state index in [1.165, 1.54) is 5.56 Å². The van der Waals surface area contributed by atoms with Crippen LogP contribution >= 0.6 is 24.0 Å². The van der Waals surface area contributed by atoms with Crippen LogP contribution in [-0.2, 0) is 16.0 Å². The molecule has 0 aromatic heterocycles. The molecule has 1 aliphatic rings. The minimum atomic E-state index is -0.111. The maximum Gasteiger partial charge on any atom is 0.241 e. The van der Waals surface area contributed by atoms with E-state index < -0.39 is 0 Å². The average Bonchev–Trinajstić information content (AvgIpc) is 3.49. The summed E-state index contributed by atoms with van der Waals surface area (Å²) in [5, 5.41) is 12.0. The summed E-state index contributed by atoms with van der Waals surface area (Å²) < 4.78 is 0. The lowest BCUT2D eigenvalue weighted by Gasteiger charge is -2.12. The quantitative estimate of drug-likeness (QED) is 0.172. The third-order valence-electron chi connectivity index (χ3n) is 3.97. The van der Waals surface area contributed by atoms with Crippen molar-refractivity contribution in [1.82, 2.24) is 21.3 Å². The van der Waals surface area contributed by atoms with E-state index in [9.17, 15) is 9.59 Å². The van der Waals surface area contributed by atoms with Gasteiger partial charge < -0.3 is 21.3 Å².